The minimum absolute atomic E-state index is 0.117. The molecule has 5 aliphatic rings. The molecule has 4 heteroatoms. The minimum atomic E-state index is -0.293. The van der Waals surface area contributed by atoms with Crippen LogP contribution in [0.4, 0.5) is 0 Å². The van der Waals surface area contributed by atoms with E-state index in [0.717, 1.165) is 43.2 Å². The molecular formula is C24H31NO3. The third-order valence-electron chi connectivity index (χ3n) is 8.82. The number of carbonyl (C=O) groups excluding carboxylic acids is 1. The summed E-state index contributed by atoms with van der Waals surface area (Å²) in [7, 11) is 1.71. The van der Waals surface area contributed by atoms with Crippen molar-refractivity contribution in [1.29, 1.82) is 0 Å². The standard InChI is InChI=1S/C24H31NO3/c1-3-15-12-18(26)23-24-9-10-25(13-14-5-4-6-14)17(20(15)24)11-16-7-8-19(27-2)22(28-23)21(16)24/h7-8,14-15,17,20,23H,3-6,9-13H2,1-2H3/t15?,17-,20+,23?,24+/m1/s1. The maximum absolute atomic E-state index is 13.2. The number of benzene rings is 1. The first-order valence-electron chi connectivity index (χ1n) is 11.3. The molecule has 5 atom stereocenters. The van der Waals surface area contributed by atoms with Crippen molar-refractivity contribution >= 4 is 5.78 Å². The Bertz CT molecular complexity index is 831. The van der Waals surface area contributed by atoms with Crippen molar-refractivity contribution in [2.75, 3.05) is 20.2 Å². The SMILES string of the molecule is CCC1CC(=O)C2Oc3c(OC)ccc4c3[C@@]23CCN(CC2CCC2)[C@H](C4)[C@H]13. The van der Waals surface area contributed by atoms with Gasteiger partial charge in [-0.1, -0.05) is 25.8 Å². The summed E-state index contributed by atoms with van der Waals surface area (Å²) >= 11 is 0. The fourth-order valence-electron chi connectivity index (χ4n) is 7.44. The predicted molar refractivity (Wildman–Crippen MR) is 107 cm³/mol. The molecule has 1 aromatic rings. The molecule has 2 aliphatic heterocycles. The predicted octanol–water partition coefficient (Wildman–Crippen LogP) is 3.74. The Morgan fingerprint density at radius 2 is 2.14 bits per heavy atom. The van der Waals surface area contributed by atoms with E-state index >= 15 is 0 Å². The van der Waals surface area contributed by atoms with Crippen molar-refractivity contribution in [3.8, 4) is 11.5 Å². The number of carbonyl (C=O) groups is 1. The third kappa shape index (κ3) is 2.03. The van der Waals surface area contributed by atoms with Gasteiger partial charge in [-0.2, -0.15) is 0 Å². The van der Waals surface area contributed by atoms with Crippen LogP contribution in [-0.2, 0) is 16.6 Å². The zero-order chi connectivity index (χ0) is 19.0. The van der Waals surface area contributed by atoms with Crippen molar-refractivity contribution in [2.45, 2.75) is 69.4 Å². The van der Waals surface area contributed by atoms with Gasteiger partial charge in [0.05, 0.1) is 7.11 Å². The number of hydrogen-bond acceptors (Lipinski definition) is 4. The van der Waals surface area contributed by atoms with E-state index in [1.807, 2.05) is 0 Å². The van der Waals surface area contributed by atoms with Crippen LogP contribution in [0.2, 0.25) is 0 Å². The van der Waals surface area contributed by atoms with E-state index in [-0.39, 0.29) is 11.5 Å². The van der Waals surface area contributed by atoms with Gasteiger partial charge in [-0.3, -0.25) is 9.69 Å². The molecule has 0 aromatic heterocycles. The highest BCUT2D eigenvalue weighted by Crippen LogP contribution is 2.64. The molecule has 1 aromatic carbocycles. The second-order valence-electron chi connectivity index (χ2n) is 9.85. The second kappa shape index (κ2) is 5.98. The van der Waals surface area contributed by atoms with Crippen molar-refractivity contribution in [1.82, 2.24) is 4.90 Å². The van der Waals surface area contributed by atoms with Gasteiger partial charge in [0.15, 0.2) is 23.4 Å². The zero-order valence-corrected chi connectivity index (χ0v) is 17.1. The van der Waals surface area contributed by atoms with Crippen molar-refractivity contribution in [3.05, 3.63) is 23.3 Å². The topological polar surface area (TPSA) is 38.8 Å². The number of rotatable bonds is 4. The Kier molecular flexibility index (Phi) is 3.70. The summed E-state index contributed by atoms with van der Waals surface area (Å²) in [4.78, 5) is 16.0. The van der Waals surface area contributed by atoms with Crippen LogP contribution in [0.25, 0.3) is 0 Å². The molecule has 2 heterocycles. The van der Waals surface area contributed by atoms with E-state index < -0.39 is 0 Å². The molecule has 0 radical (unpaired) electrons. The van der Waals surface area contributed by atoms with Crippen LogP contribution in [0.3, 0.4) is 0 Å². The lowest BCUT2D eigenvalue weighted by Gasteiger charge is -2.60. The number of hydrogen-bond donors (Lipinski definition) is 0. The van der Waals surface area contributed by atoms with E-state index in [0.29, 0.717) is 30.1 Å². The smallest absolute Gasteiger partial charge is 0.174 e. The molecule has 2 unspecified atom stereocenters. The quantitative estimate of drug-likeness (QED) is 0.796. The summed E-state index contributed by atoms with van der Waals surface area (Å²) in [6, 6.07) is 4.86. The van der Waals surface area contributed by atoms with Gasteiger partial charge in [0.25, 0.3) is 0 Å². The van der Waals surface area contributed by atoms with Gasteiger partial charge in [-0.15, -0.1) is 0 Å². The number of Topliss-reactive ketones (excluding diaryl/α,β-unsaturated/α-hetero) is 1. The van der Waals surface area contributed by atoms with Crippen LogP contribution >= 0.6 is 0 Å². The van der Waals surface area contributed by atoms with Gasteiger partial charge in [-0.25, -0.2) is 0 Å². The van der Waals surface area contributed by atoms with Crippen LogP contribution in [-0.4, -0.2) is 43.0 Å². The van der Waals surface area contributed by atoms with Crippen LogP contribution in [0.15, 0.2) is 12.1 Å². The molecule has 0 N–H and O–H groups in total. The Balaban J connectivity index is 1.51. The maximum Gasteiger partial charge on any atom is 0.174 e. The number of ether oxygens (including phenoxy) is 2. The first-order valence-corrected chi connectivity index (χ1v) is 11.3. The lowest BCUT2D eigenvalue weighted by atomic mass is 9.48. The first-order chi connectivity index (χ1) is 13.7. The van der Waals surface area contributed by atoms with E-state index in [1.54, 1.807) is 7.11 Å². The largest absolute Gasteiger partial charge is 0.493 e. The molecule has 150 valence electrons. The highest BCUT2D eigenvalue weighted by atomic mass is 16.5. The van der Waals surface area contributed by atoms with E-state index in [4.69, 9.17) is 9.47 Å². The molecule has 1 saturated heterocycles. The summed E-state index contributed by atoms with van der Waals surface area (Å²) in [6.07, 6.45) is 7.86. The average molecular weight is 382 g/mol. The minimum Gasteiger partial charge on any atom is -0.493 e. The van der Waals surface area contributed by atoms with Crippen molar-refractivity contribution in [3.63, 3.8) is 0 Å². The Morgan fingerprint density at radius 1 is 1.29 bits per heavy atom. The lowest BCUT2D eigenvalue weighted by Crippen LogP contribution is -2.68. The molecule has 6 rings (SSSR count). The highest BCUT2D eigenvalue weighted by Gasteiger charge is 2.68. The van der Waals surface area contributed by atoms with Gasteiger partial charge in [0, 0.05) is 30.0 Å². The fraction of sp³-hybridized carbons (Fsp3) is 0.708. The summed E-state index contributed by atoms with van der Waals surface area (Å²) in [5.74, 6) is 3.91. The van der Waals surface area contributed by atoms with E-state index in [9.17, 15) is 4.79 Å². The second-order valence-corrected chi connectivity index (χ2v) is 9.85. The first kappa shape index (κ1) is 17.3. The molecular weight excluding hydrogens is 350 g/mol. The van der Waals surface area contributed by atoms with Gasteiger partial charge in [-0.05, 0) is 61.6 Å². The summed E-state index contributed by atoms with van der Waals surface area (Å²) in [5.41, 5.74) is 2.63. The normalized spacial score (nSPS) is 38.6. The van der Waals surface area contributed by atoms with Gasteiger partial charge in [0.1, 0.15) is 0 Å². The van der Waals surface area contributed by atoms with Crippen molar-refractivity contribution in [2.24, 2.45) is 17.8 Å². The van der Waals surface area contributed by atoms with Crippen LogP contribution in [0.1, 0.15) is 56.6 Å². The zero-order valence-electron chi connectivity index (χ0n) is 17.1. The lowest BCUT2D eigenvalue weighted by molar-refractivity contribution is -0.145. The summed E-state index contributed by atoms with van der Waals surface area (Å²) in [6.45, 7) is 4.64. The third-order valence-corrected chi connectivity index (χ3v) is 8.82. The van der Waals surface area contributed by atoms with Crippen molar-refractivity contribution < 1.29 is 14.3 Å². The van der Waals surface area contributed by atoms with Crippen LogP contribution in [0.5, 0.6) is 11.5 Å². The molecule has 4 nitrogen and oxygen atoms in total. The number of ketones is 1. The molecule has 0 amide bonds. The Morgan fingerprint density at radius 3 is 2.86 bits per heavy atom. The Labute approximate surface area is 167 Å². The van der Waals surface area contributed by atoms with Gasteiger partial charge < -0.3 is 9.47 Å². The fourth-order valence-corrected chi connectivity index (χ4v) is 7.44. The molecule has 2 bridgehead atoms. The number of piperidine rings is 1. The number of nitrogens with zero attached hydrogens (tertiary/aromatic N) is 1. The summed E-state index contributed by atoms with van der Waals surface area (Å²) < 4.78 is 12.1. The van der Waals surface area contributed by atoms with Gasteiger partial charge in [0.2, 0.25) is 0 Å². The Hall–Kier alpha value is -1.55. The highest BCUT2D eigenvalue weighted by molar-refractivity contribution is 5.89. The molecule has 28 heavy (non-hydrogen) atoms. The molecule has 2 saturated carbocycles. The molecule has 3 fully saturated rings. The van der Waals surface area contributed by atoms with Crippen LogP contribution < -0.4 is 9.47 Å². The van der Waals surface area contributed by atoms with E-state index in [1.165, 1.54) is 36.9 Å². The maximum atomic E-state index is 13.2. The number of likely N-dealkylation sites (tertiary alicyclic amines) is 1. The van der Waals surface area contributed by atoms with E-state index in [2.05, 4.69) is 24.0 Å². The van der Waals surface area contributed by atoms with Crippen LogP contribution in [0, 0.1) is 17.8 Å². The molecule has 1 spiro atoms. The average Bonchev–Trinajstić information content (AvgIpc) is 3.01. The monoisotopic (exact) mass is 381 g/mol. The number of methoxy groups -OCH3 is 1. The summed E-state index contributed by atoms with van der Waals surface area (Å²) in [5, 5.41) is 0. The molecule has 3 aliphatic carbocycles. The van der Waals surface area contributed by atoms with Gasteiger partial charge >= 0.3 is 0 Å².